The number of ether oxygens (including phenoxy) is 1. The standard InChI is InChI=1S/C21H29NO5/c23-19(16-17-8-3-1-4-9-17)13-12-18-10-7-11-20(24)22(18)14-5-2-6-15-27-21(25)26/h1,3-4,8-9,12-13,18-19,23H,2,5-7,10-11,14-16H2,(H,25,26)/t18-,19?/m1/s1. The number of carboxylic acid groups (broad SMARTS) is 1. The lowest BCUT2D eigenvalue weighted by Gasteiger charge is -2.34. The molecule has 6 heteroatoms. The van der Waals surface area contributed by atoms with Crippen LogP contribution in [-0.4, -0.2) is 52.5 Å². The Morgan fingerprint density at radius 3 is 2.78 bits per heavy atom. The fourth-order valence-electron chi connectivity index (χ4n) is 3.34. The van der Waals surface area contributed by atoms with Crippen molar-refractivity contribution in [1.29, 1.82) is 0 Å². The Morgan fingerprint density at radius 1 is 1.26 bits per heavy atom. The number of rotatable bonds is 10. The zero-order valence-corrected chi connectivity index (χ0v) is 15.6. The van der Waals surface area contributed by atoms with Gasteiger partial charge < -0.3 is 19.8 Å². The number of amides is 1. The van der Waals surface area contributed by atoms with E-state index in [1.54, 1.807) is 6.08 Å². The van der Waals surface area contributed by atoms with Crippen molar-refractivity contribution < 1.29 is 24.5 Å². The number of likely N-dealkylation sites (tertiary alicyclic amines) is 1. The maximum Gasteiger partial charge on any atom is 0.505 e. The smallest absolute Gasteiger partial charge is 0.450 e. The summed E-state index contributed by atoms with van der Waals surface area (Å²) < 4.78 is 4.49. The molecule has 148 valence electrons. The van der Waals surface area contributed by atoms with Crippen molar-refractivity contribution in [3.8, 4) is 0 Å². The first-order valence-electron chi connectivity index (χ1n) is 9.62. The van der Waals surface area contributed by atoms with Gasteiger partial charge in [0.15, 0.2) is 0 Å². The summed E-state index contributed by atoms with van der Waals surface area (Å²) in [6.07, 6.45) is 7.11. The summed E-state index contributed by atoms with van der Waals surface area (Å²) in [7, 11) is 0. The molecule has 1 unspecified atom stereocenters. The molecular weight excluding hydrogens is 346 g/mol. The van der Waals surface area contributed by atoms with E-state index < -0.39 is 12.3 Å². The quantitative estimate of drug-likeness (QED) is 0.372. The number of piperidine rings is 1. The third kappa shape index (κ3) is 7.83. The largest absolute Gasteiger partial charge is 0.505 e. The second-order valence-electron chi connectivity index (χ2n) is 6.86. The van der Waals surface area contributed by atoms with Crippen molar-refractivity contribution in [2.45, 2.75) is 57.1 Å². The van der Waals surface area contributed by atoms with Crippen molar-refractivity contribution >= 4 is 12.1 Å². The molecule has 0 radical (unpaired) electrons. The van der Waals surface area contributed by atoms with Gasteiger partial charge in [-0.1, -0.05) is 42.5 Å². The average molecular weight is 375 g/mol. The number of aliphatic hydroxyl groups is 1. The second-order valence-corrected chi connectivity index (χ2v) is 6.86. The van der Waals surface area contributed by atoms with E-state index in [-0.39, 0.29) is 18.6 Å². The number of unbranched alkanes of at least 4 members (excludes halogenated alkanes) is 2. The topological polar surface area (TPSA) is 87.1 Å². The average Bonchev–Trinajstić information content (AvgIpc) is 2.65. The van der Waals surface area contributed by atoms with Gasteiger partial charge in [0.2, 0.25) is 5.91 Å². The third-order valence-corrected chi connectivity index (χ3v) is 4.72. The number of hydrogen-bond acceptors (Lipinski definition) is 4. The van der Waals surface area contributed by atoms with Gasteiger partial charge in [0, 0.05) is 19.4 Å². The summed E-state index contributed by atoms with van der Waals surface area (Å²) in [6.45, 7) is 0.841. The first kappa shape index (κ1) is 21.0. The molecule has 1 aliphatic rings. The molecule has 27 heavy (non-hydrogen) atoms. The number of carbonyl (C=O) groups excluding carboxylic acids is 1. The van der Waals surface area contributed by atoms with Crippen LogP contribution in [0.1, 0.15) is 44.1 Å². The number of aliphatic hydroxyl groups excluding tert-OH is 1. The lowest BCUT2D eigenvalue weighted by molar-refractivity contribution is -0.135. The van der Waals surface area contributed by atoms with Crippen molar-refractivity contribution in [3.63, 3.8) is 0 Å². The molecule has 1 aromatic carbocycles. The van der Waals surface area contributed by atoms with E-state index >= 15 is 0 Å². The summed E-state index contributed by atoms with van der Waals surface area (Å²) >= 11 is 0. The fraction of sp³-hybridized carbons (Fsp3) is 0.524. The van der Waals surface area contributed by atoms with E-state index in [1.807, 2.05) is 41.3 Å². The van der Waals surface area contributed by atoms with Gasteiger partial charge in [-0.3, -0.25) is 4.79 Å². The Bertz CT molecular complexity index is 616. The molecule has 0 aromatic heterocycles. The van der Waals surface area contributed by atoms with Gasteiger partial charge in [-0.25, -0.2) is 4.79 Å². The minimum atomic E-state index is -1.25. The Balaban J connectivity index is 1.79. The van der Waals surface area contributed by atoms with Crippen LogP contribution in [0.4, 0.5) is 4.79 Å². The summed E-state index contributed by atoms with van der Waals surface area (Å²) in [5.41, 5.74) is 1.08. The first-order valence-corrected chi connectivity index (χ1v) is 9.62. The van der Waals surface area contributed by atoms with Crippen LogP contribution < -0.4 is 0 Å². The van der Waals surface area contributed by atoms with Gasteiger partial charge in [-0.2, -0.15) is 0 Å². The van der Waals surface area contributed by atoms with Crippen molar-refractivity contribution in [2.75, 3.05) is 13.2 Å². The molecule has 1 amide bonds. The molecule has 2 N–H and O–H groups in total. The minimum absolute atomic E-state index is 0.0203. The molecule has 2 atom stereocenters. The lowest BCUT2D eigenvalue weighted by atomic mass is 9.99. The second kappa shape index (κ2) is 11.4. The molecule has 6 nitrogen and oxygen atoms in total. The first-order chi connectivity index (χ1) is 13.1. The van der Waals surface area contributed by atoms with Gasteiger partial charge in [0.05, 0.1) is 18.8 Å². The van der Waals surface area contributed by atoms with Gasteiger partial charge in [0.25, 0.3) is 0 Å². The molecule has 0 saturated carbocycles. The van der Waals surface area contributed by atoms with Gasteiger partial charge in [-0.05, 0) is 37.7 Å². The van der Waals surface area contributed by atoms with Crippen LogP contribution in [0.25, 0.3) is 0 Å². The van der Waals surface area contributed by atoms with Gasteiger partial charge in [0.1, 0.15) is 0 Å². The van der Waals surface area contributed by atoms with Crippen molar-refractivity contribution in [2.24, 2.45) is 0 Å². The number of carbonyl (C=O) groups is 2. The predicted octanol–water partition coefficient (Wildman–Crippen LogP) is 3.39. The zero-order valence-electron chi connectivity index (χ0n) is 15.6. The van der Waals surface area contributed by atoms with Gasteiger partial charge >= 0.3 is 6.16 Å². The normalized spacial score (nSPS) is 18.6. The summed E-state index contributed by atoms with van der Waals surface area (Å²) in [4.78, 5) is 24.5. The van der Waals surface area contributed by atoms with Crippen LogP contribution >= 0.6 is 0 Å². The highest BCUT2D eigenvalue weighted by atomic mass is 16.7. The molecule has 0 bridgehead atoms. The summed E-state index contributed by atoms with van der Waals surface area (Å²) in [5.74, 6) is 0.148. The maximum absolute atomic E-state index is 12.3. The van der Waals surface area contributed by atoms with Crippen molar-refractivity contribution in [1.82, 2.24) is 4.90 Å². The Kier molecular flexibility index (Phi) is 8.84. The van der Waals surface area contributed by atoms with E-state index in [0.29, 0.717) is 25.8 Å². The molecular formula is C21H29NO5. The van der Waals surface area contributed by atoms with E-state index in [9.17, 15) is 14.7 Å². The highest BCUT2D eigenvalue weighted by Crippen LogP contribution is 2.20. The fourth-order valence-corrected chi connectivity index (χ4v) is 3.34. The highest BCUT2D eigenvalue weighted by molar-refractivity contribution is 5.77. The molecule has 1 aliphatic heterocycles. The van der Waals surface area contributed by atoms with Crippen LogP contribution in [0.3, 0.4) is 0 Å². The molecule has 1 fully saturated rings. The van der Waals surface area contributed by atoms with Crippen LogP contribution in [0.2, 0.25) is 0 Å². The SMILES string of the molecule is O=C(O)OCCCCCN1C(=O)CCC[C@@H]1C=CC(O)Cc1ccccc1. The Morgan fingerprint density at radius 2 is 2.04 bits per heavy atom. The minimum Gasteiger partial charge on any atom is -0.450 e. The number of hydrogen-bond donors (Lipinski definition) is 2. The highest BCUT2D eigenvalue weighted by Gasteiger charge is 2.25. The van der Waals surface area contributed by atoms with Crippen LogP contribution in [0.5, 0.6) is 0 Å². The van der Waals surface area contributed by atoms with Crippen LogP contribution in [0.15, 0.2) is 42.5 Å². The molecule has 0 aliphatic carbocycles. The lowest BCUT2D eigenvalue weighted by Crippen LogP contribution is -2.43. The van der Waals surface area contributed by atoms with E-state index in [1.165, 1.54) is 0 Å². The van der Waals surface area contributed by atoms with E-state index in [2.05, 4.69) is 4.74 Å². The molecule has 0 spiro atoms. The van der Waals surface area contributed by atoms with E-state index in [4.69, 9.17) is 5.11 Å². The predicted molar refractivity (Wildman–Crippen MR) is 102 cm³/mol. The maximum atomic E-state index is 12.3. The van der Waals surface area contributed by atoms with Crippen LogP contribution in [-0.2, 0) is 16.0 Å². The van der Waals surface area contributed by atoms with Gasteiger partial charge in [-0.15, -0.1) is 0 Å². The third-order valence-electron chi connectivity index (χ3n) is 4.72. The van der Waals surface area contributed by atoms with E-state index in [0.717, 1.165) is 31.2 Å². The zero-order chi connectivity index (χ0) is 19.5. The van der Waals surface area contributed by atoms with Crippen molar-refractivity contribution in [3.05, 3.63) is 48.0 Å². The summed E-state index contributed by atoms with van der Waals surface area (Å²) in [5, 5.41) is 18.7. The number of benzene rings is 1. The molecule has 1 aromatic rings. The van der Waals surface area contributed by atoms with Crippen LogP contribution in [0, 0.1) is 0 Å². The molecule has 2 rings (SSSR count). The number of nitrogens with zero attached hydrogens (tertiary/aromatic N) is 1. The molecule has 1 heterocycles. The molecule has 1 saturated heterocycles. The summed E-state index contributed by atoms with van der Waals surface area (Å²) in [6, 6.07) is 9.85. The Labute approximate surface area is 160 Å². The monoisotopic (exact) mass is 375 g/mol. The Hall–Kier alpha value is -2.34.